The molecule has 4 heteroatoms. The normalized spacial score (nSPS) is 29.2. The summed E-state index contributed by atoms with van der Waals surface area (Å²) in [5, 5.41) is 9.53. The van der Waals surface area contributed by atoms with Crippen molar-refractivity contribution in [2.75, 3.05) is 32.8 Å². The highest BCUT2D eigenvalue weighted by Gasteiger charge is 2.42. The smallest absolute Gasteiger partial charge is 0.313 e. The third kappa shape index (κ3) is 3.04. The van der Waals surface area contributed by atoms with Gasteiger partial charge in [-0.05, 0) is 38.1 Å². The molecule has 1 N–H and O–H groups in total. The summed E-state index contributed by atoms with van der Waals surface area (Å²) in [5.41, 5.74) is -0.669. The lowest BCUT2D eigenvalue weighted by Gasteiger charge is -2.39. The molecule has 2 rings (SSSR count). The van der Waals surface area contributed by atoms with Gasteiger partial charge in [-0.25, -0.2) is 0 Å². The van der Waals surface area contributed by atoms with Gasteiger partial charge in [-0.1, -0.05) is 13.3 Å². The molecule has 0 aromatic heterocycles. The maximum atomic E-state index is 11.6. The van der Waals surface area contributed by atoms with Crippen LogP contribution in [0.15, 0.2) is 0 Å². The molecule has 0 aromatic rings. The SMILES string of the molecule is CCN(CC1CCC1)CC1(C(=O)O)CCCOC1. The quantitative estimate of drug-likeness (QED) is 0.788. The lowest BCUT2D eigenvalue weighted by molar-refractivity contribution is -0.159. The number of aliphatic carboxylic acids is 1. The summed E-state index contributed by atoms with van der Waals surface area (Å²) >= 11 is 0. The van der Waals surface area contributed by atoms with Crippen LogP contribution in [0.2, 0.25) is 0 Å². The van der Waals surface area contributed by atoms with E-state index < -0.39 is 11.4 Å². The van der Waals surface area contributed by atoms with Crippen LogP contribution in [0.5, 0.6) is 0 Å². The van der Waals surface area contributed by atoms with Crippen LogP contribution in [0, 0.1) is 11.3 Å². The van der Waals surface area contributed by atoms with Gasteiger partial charge in [-0.15, -0.1) is 0 Å². The maximum absolute atomic E-state index is 11.6. The Kier molecular flexibility index (Phi) is 4.62. The van der Waals surface area contributed by atoms with Crippen molar-refractivity contribution in [3.63, 3.8) is 0 Å². The van der Waals surface area contributed by atoms with Crippen LogP contribution < -0.4 is 0 Å². The average Bonchev–Trinajstić information content (AvgIpc) is 2.33. The lowest BCUT2D eigenvalue weighted by Crippen LogP contribution is -2.49. The first kappa shape index (κ1) is 13.8. The Morgan fingerprint density at radius 3 is 2.67 bits per heavy atom. The minimum absolute atomic E-state index is 0.378. The number of hydrogen-bond donors (Lipinski definition) is 1. The van der Waals surface area contributed by atoms with Gasteiger partial charge in [0.05, 0.1) is 6.61 Å². The number of carbonyl (C=O) groups is 1. The van der Waals surface area contributed by atoms with Crippen molar-refractivity contribution >= 4 is 5.97 Å². The Balaban J connectivity index is 1.94. The van der Waals surface area contributed by atoms with Gasteiger partial charge >= 0.3 is 5.97 Å². The monoisotopic (exact) mass is 255 g/mol. The van der Waals surface area contributed by atoms with E-state index in [9.17, 15) is 9.90 Å². The number of rotatable bonds is 6. The molecule has 0 spiro atoms. The summed E-state index contributed by atoms with van der Waals surface area (Å²) in [4.78, 5) is 13.9. The molecule has 1 heterocycles. The molecule has 18 heavy (non-hydrogen) atoms. The highest BCUT2D eigenvalue weighted by molar-refractivity contribution is 5.75. The van der Waals surface area contributed by atoms with Crippen LogP contribution in [-0.4, -0.2) is 48.8 Å². The Morgan fingerprint density at radius 2 is 2.22 bits per heavy atom. The molecule has 1 aliphatic heterocycles. The van der Waals surface area contributed by atoms with Gasteiger partial charge in [-0.2, -0.15) is 0 Å². The minimum atomic E-state index is -0.686. The molecule has 1 saturated heterocycles. The van der Waals surface area contributed by atoms with Crippen molar-refractivity contribution in [3.8, 4) is 0 Å². The molecule has 0 aromatic carbocycles. The first-order valence-corrected chi connectivity index (χ1v) is 7.20. The zero-order valence-corrected chi connectivity index (χ0v) is 11.4. The molecule has 0 bridgehead atoms. The number of ether oxygens (including phenoxy) is 1. The van der Waals surface area contributed by atoms with E-state index in [1.165, 1.54) is 19.3 Å². The largest absolute Gasteiger partial charge is 0.481 e. The zero-order valence-electron chi connectivity index (χ0n) is 11.4. The maximum Gasteiger partial charge on any atom is 0.313 e. The Hall–Kier alpha value is -0.610. The number of carboxylic acid groups (broad SMARTS) is 1. The summed E-state index contributed by atoms with van der Waals surface area (Å²) in [7, 11) is 0. The number of carboxylic acids is 1. The van der Waals surface area contributed by atoms with E-state index in [4.69, 9.17) is 4.74 Å². The van der Waals surface area contributed by atoms with Crippen LogP contribution in [0.3, 0.4) is 0 Å². The van der Waals surface area contributed by atoms with Crippen molar-refractivity contribution in [3.05, 3.63) is 0 Å². The van der Waals surface area contributed by atoms with E-state index >= 15 is 0 Å². The fourth-order valence-corrected chi connectivity index (χ4v) is 2.99. The highest BCUT2D eigenvalue weighted by atomic mass is 16.5. The van der Waals surface area contributed by atoms with Gasteiger partial charge in [0.25, 0.3) is 0 Å². The van der Waals surface area contributed by atoms with Gasteiger partial charge in [0.1, 0.15) is 5.41 Å². The van der Waals surface area contributed by atoms with Gasteiger partial charge in [0.2, 0.25) is 0 Å². The van der Waals surface area contributed by atoms with Crippen molar-refractivity contribution in [2.24, 2.45) is 11.3 Å². The van der Waals surface area contributed by atoms with Crippen LogP contribution in [0.4, 0.5) is 0 Å². The molecule has 1 atom stereocenters. The van der Waals surface area contributed by atoms with E-state index in [0.717, 1.165) is 31.8 Å². The van der Waals surface area contributed by atoms with Crippen LogP contribution >= 0.6 is 0 Å². The standard InChI is InChI=1S/C14H25NO3/c1-2-15(9-12-5-3-6-12)10-14(13(16)17)7-4-8-18-11-14/h12H,2-11H2,1H3,(H,16,17). The summed E-state index contributed by atoms with van der Waals surface area (Å²) in [5.74, 6) is 0.106. The lowest BCUT2D eigenvalue weighted by atomic mass is 9.80. The van der Waals surface area contributed by atoms with Crippen molar-refractivity contribution in [1.82, 2.24) is 4.90 Å². The predicted molar refractivity (Wildman–Crippen MR) is 69.6 cm³/mol. The topological polar surface area (TPSA) is 49.8 Å². The van der Waals surface area contributed by atoms with Crippen molar-refractivity contribution in [1.29, 1.82) is 0 Å². The third-order valence-electron chi connectivity index (χ3n) is 4.49. The van der Waals surface area contributed by atoms with Crippen molar-refractivity contribution < 1.29 is 14.6 Å². The summed E-state index contributed by atoms with van der Waals surface area (Å²) in [6.07, 6.45) is 5.59. The summed E-state index contributed by atoms with van der Waals surface area (Å²) < 4.78 is 5.43. The molecule has 0 radical (unpaired) electrons. The van der Waals surface area contributed by atoms with E-state index in [0.29, 0.717) is 19.8 Å². The van der Waals surface area contributed by atoms with E-state index in [-0.39, 0.29) is 0 Å². The van der Waals surface area contributed by atoms with Gasteiger partial charge in [0, 0.05) is 19.7 Å². The van der Waals surface area contributed by atoms with E-state index in [2.05, 4.69) is 11.8 Å². The second kappa shape index (κ2) is 6.02. The van der Waals surface area contributed by atoms with Gasteiger partial charge < -0.3 is 14.7 Å². The first-order chi connectivity index (χ1) is 8.66. The molecule has 1 unspecified atom stereocenters. The molecule has 2 fully saturated rings. The molecule has 4 nitrogen and oxygen atoms in total. The molecule has 2 aliphatic rings. The number of nitrogens with zero attached hydrogens (tertiary/aromatic N) is 1. The Bertz CT molecular complexity index is 283. The second-order valence-electron chi connectivity index (χ2n) is 5.87. The van der Waals surface area contributed by atoms with E-state index in [1.54, 1.807) is 0 Å². The van der Waals surface area contributed by atoms with Crippen LogP contribution in [0.25, 0.3) is 0 Å². The Labute approximate surface area is 109 Å². The molecule has 0 amide bonds. The molecule has 1 saturated carbocycles. The first-order valence-electron chi connectivity index (χ1n) is 7.20. The molecular weight excluding hydrogens is 230 g/mol. The third-order valence-corrected chi connectivity index (χ3v) is 4.49. The van der Waals surface area contributed by atoms with Crippen LogP contribution in [0.1, 0.15) is 39.0 Å². The Morgan fingerprint density at radius 1 is 1.44 bits per heavy atom. The fraction of sp³-hybridized carbons (Fsp3) is 0.929. The zero-order chi connectivity index (χ0) is 13.0. The van der Waals surface area contributed by atoms with Gasteiger partial charge in [0.15, 0.2) is 0 Å². The van der Waals surface area contributed by atoms with Crippen LogP contribution in [-0.2, 0) is 9.53 Å². The number of hydrogen-bond acceptors (Lipinski definition) is 3. The summed E-state index contributed by atoms with van der Waals surface area (Å²) in [6.45, 7) is 5.86. The minimum Gasteiger partial charge on any atom is -0.481 e. The highest BCUT2D eigenvalue weighted by Crippen LogP contribution is 2.32. The van der Waals surface area contributed by atoms with Gasteiger partial charge in [-0.3, -0.25) is 4.79 Å². The molecule has 104 valence electrons. The van der Waals surface area contributed by atoms with E-state index in [1.807, 2.05) is 0 Å². The fourth-order valence-electron chi connectivity index (χ4n) is 2.99. The predicted octanol–water partition coefficient (Wildman–Crippen LogP) is 1.99. The molecular formula is C14H25NO3. The summed E-state index contributed by atoms with van der Waals surface area (Å²) in [6, 6.07) is 0. The van der Waals surface area contributed by atoms with Crippen molar-refractivity contribution in [2.45, 2.75) is 39.0 Å². The average molecular weight is 255 g/mol. The molecule has 1 aliphatic carbocycles. The second-order valence-corrected chi connectivity index (χ2v) is 5.87.